The Morgan fingerprint density at radius 3 is 2.26 bits per heavy atom. The van der Waals surface area contributed by atoms with Crippen molar-refractivity contribution in [1.29, 1.82) is 0 Å². The fourth-order valence-corrected chi connectivity index (χ4v) is 1.81. The monoisotopic (exact) mass is 310 g/mol. The summed E-state index contributed by atoms with van der Waals surface area (Å²) in [5, 5.41) is 14.6. The first kappa shape index (κ1) is 16.4. The maximum atomic E-state index is 5.67. The predicted octanol–water partition coefficient (Wildman–Crippen LogP) is 3.68. The topological polar surface area (TPSA) is 78.0 Å². The third-order valence-electron chi connectivity index (χ3n) is 3.03. The quantitative estimate of drug-likeness (QED) is 0.538. The van der Waals surface area contributed by atoms with Crippen LogP contribution in [-0.4, -0.2) is 25.7 Å². The van der Waals surface area contributed by atoms with E-state index in [2.05, 4.69) is 20.9 Å². The second-order valence-corrected chi connectivity index (χ2v) is 5.04. The number of rotatable bonds is 7. The van der Waals surface area contributed by atoms with E-state index in [4.69, 9.17) is 5.73 Å². The van der Waals surface area contributed by atoms with Gasteiger partial charge in [0.2, 0.25) is 0 Å². The summed E-state index contributed by atoms with van der Waals surface area (Å²) in [5.74, 6) is 0. The van der Waals surface area contributed by atoms with Crippen LogP contribution in [0, 0.1) is 0 Å². The van der Waals surface area contributed by atoms with Crippen molar-refractivity contribution in [3.8, 4) is 0 Å². The smallest absolute Gasteiger partial charge is 0.131 e. The Hall–Kier alpha value is -3.02. The summed E-state index contributed by atoms with van der Waals surface area (Å²) >= 11 is 0. The standard InChI is InChI=1S/C17H22N6/c1-19-11-12-23(2)13-20-22-17-9-7-16(8-10-17)21-15-5-3-14(18)4-6-15/h3-12,19,21H,13,18H2,1-2H3. The van der Waals surface area contributed by atoms with E-state index in [1.54, 1.807) is 0 Å². The Morgan fingerprint density at radius 2 is 1.65 bits per heavy atom. The lowest BCUT2D eigenvalue weighted by Gasteiger charge is -2.09. The summed E-state index contributed by atoms with van der Waals surface area (Å²) in [5.41, 5.74) is 9.22. The van der Waals surface area contributed by atoms with Gasteiger partial charge in [0.25, 0.3) is 0 Å². The molecule has 120 valence electrons. The van der Waals surface area contributed by atoms with Crippen LogP contribution in [0.3, 0.4) is 0 Å². The zero-order valence-electron chi connectivity index (χ0n) is 13.4. The Balaban J connectivity index is 1.89. The van der Waals surface area contributed by atoms with Crippen LogP contribution >= 0.6 is 0 Å². The van der Waals surface area contributed by atoms with Crippen molar-refractivity contribution in [3.05, 3.63) is 60.9 Å². The molecular weight excluding hydrogens is 288 g/mol. The molecule has 0 radical (unpaired) electrons. The number of nitrogens with one attached hydrogen (secondary N) is 2. The molecule has 2 rings (SSSR count). The molecule has 0 aliphatic carbocycles. The van der Waals surface area contributed by atoms with Crippen LogP contribution in [0.5, 0.6) is 0 Å². The highest BCUT2D eigenvalue weighted by Gasteiger charge is 1.96. The first-order chi connectivity index (χ1) is 11.2. The van der Waals surface area contributed by atoms with Crippen LogP contribution in [0.2, 0.25) is 0 Å². The van der Waals surface area contributed by atoms with Gasteiger partial charge in [0.1, 0.15) is 6.67 Å². The number of hydrogen-bond donors (Lipinski definition) is 3. The van der Waals surface area contributed by atoms with E-state index in [0.717, 1.165) is 22.7 Å². The highest BCUT2D eigenvalue weighted by Crippen LogP contribution is 2.21. The SMILES string of the molecule is CNC=CN(C)CN=Nc1ccc(Nc2ccc(N)cc2)cc1. The molecule has 4 N–H and O–H groups in total. The number of benzene rings is 2. The summed E-state index contributed by atoms with van der Waals surface area (Å²) in [6, 6.07) is 15.4. The van der Waals surface area contributed by atoms with E-state index in [-0.39, 0.29) is 0 Å². The molecule has 23 heavy (non-hydrogen) atoms. The van der Waals surface area contributed by atoms with Crippen molar-refractivity contribution in [2.24, 2.45) is 10.2 Å². The van der Waals surface area contributed by atoms with Gasteiger partial charge in [-0.3, -0.25) is 0 Å². The van der Waals surface area contributed by atoms with Crippen molar-refractivity contribution >= 4 is 22.7 Å². The van der Waals surface area contributed by atoms with Crippen LogP contribution in [0.4, 0.5) is 22.7 Å². The molecule has 2 aromatic carbocycles. The summed E-state index contributed by atoms with van der Waals surface area (Å²) in [4.78, 5) is 1.93. The van der Waals surface area contributed by atoms with Crippen molar-refractivity contribution < 1.29 is 0 Å². The molecule has 0 fully saturated rings. The lowest BCUT2D eigenvalue weighted by Crippen LogP contribution is -2.11. The fraction of sp³-hybridized carbons (Fsp3) is 0.176. The maximum absolute atomic E-state index is 5.67. The summed E-state index contributed by atoms with van der Waals surface area (Å²) < 4.78 is 0. The number of nitrogen functional groups attached to an aromatic ring is 1. The van der Waals surface area contributed by atoms with Crippen LogP contribution in [-0.2, 0) is 0 Å². The molecule has 0 aliphatic rings. The molecule has 0 amide bonds. The van der Waals surface area contributed by atoms with Crippen LogP contribution < -0.4 is 16.4 Å². The third kappa shape index (κ3) is 5.70. The molecule has 0 spiro atoms. The van der Waals surface area contributed by atoms with Gasteiger partial charge in [-0.25, -0.2) is 0 Å². The molecule has 0 saturated carbocycles. The zero-order valence-corrected chi connectivity index (χ0v) is 13.4. The Bertz CT molecular complexity index is 646. The van der Waals surface area contributed by atoms with E-state index < -0.39 is 0 Å². The van der Waals surface area contributed by atoms with Gasteiger partial charge in [0.05, 0.1) is 5.69 Å². The van der Waals surface area contributed by atoms with E-state index in [0.29, 0.717) is 6.67 Å². The largest absolute Gasteiger partial charge is 0.399 e. The molecule has 0 atom stereocenters. The second kappa shape index (κ2) is 8.43. The third-order valence-corrected chi connectivity index (χ3v) is 3.03. The summed E-state index contributed by atoms with van der Waals surface area (Å²) in [6.07, 6.45) is 3.74. The second-order valence-electron chi connectivity index (χ2n) is 5.04. The molecule has 0 saturated heterocycles. The molecule has 6 nitrogen and oxygen atoms in total. The average Bonchev–Trinajstić information content (AvgIpc) is 2.56. The molecule has 2 aromatic rings. The Labute approximate surface area is 136 Å². The van der Waals surface area contributed by atoms with E-state index in [1.807, 2.05) is 79.9 Å². The average molecular weight is 310 g/mol. The first-order valence-electron chi connectivity index (χ1n) is 7.31. The number of anilines is 3. The number of azo groups is 1. The van der Waals surface area contributed by atoms with Gasteiger partial charge in [-0.05, 0) is 48.5 Å². The molecule has 0 bridgehead atoms. The highest BCUT2D eigenvalue weighted by atomic mass is 15.2. The summed E-state index contributed by atoms with van der Waals surface area (Å²) in [6.45, 7) is 0.504. The first-order valence-corrected chi connectivity index (χ1v) is 7.31. The van der Waals surface area contributed by atoms with Crippen LogP contribution in [0.25, 0.3) is 0 Å². The fourth-order valence-electron chi connectivity index (χ4n) is 1.81. The Kier molecular flexibility index (Phi) is 5.99. The van der Waals surface area contributed by atoms with Crippen molar-refractivity contribution in [3.63, 3.8) is 0 Å². The maximum Gasteiger partial charge on any atom is 0.131 e. The van der Waals surface area contributed by atoms with E-state index in [9.17, 15) is 0 Å². The lowest BCUT2D eigenvalue weighted by atomic mass is 10.2. The van der Waals surface area contributed by atoms with E-state index >= 15 is 0 Å². The zero-order chi connectivity index (χ0) is 16.5. The molecule has 0 heterocycles. The molecule has 0 aromatic heterocycles. The van der Waals surface area contributed by atoms with Gasteiger partial charge >= 0.3 is 0 Å². The Morgan fingerprint density at radius 1 is 1.04 bits per heavy atom. The van der Waals surface area contributed by atoms with Gasteiger partial charge in [0.15, 0.2) is 0 Å². The lowest BCUT2D eigenvalue weighted by molar-refractivity contribution is 0.460. The van der Waals surface area contributed by atoms with Crippen LogP contribution in [0.1, 0.15) is 0 Å². The minimum atomic E-state index is 0.504. The van der Waals surface area contributed by atoms with Gasteiger partial charge in [-0.2, -0.15) is 10.2 Å². The number of nitrogens with zero attached hydrogens (tertiary/aromatic N) is 3. The van der Waals surface area contributed by atoms with Crippen molar-refractivity contribution in [2.75, 3.05) is 31.8 Å². The minimum Gasteiger partial charge on any atom is -0.399 e. The normalized spacial score (nSPS) is 11.0. The number of nitrogens with two attached hydrogens (primary N) is 1. The molecule has 6 heteroatoms. The molecular formula is C17H22N6. The molecule has 0 aliphatic heterocycles. The van der Waals surface area contributed by atoms with Crippen molar-refractivity contribution in [1.82, 2.24) is 10.2 Å². The van der Waals surface area contributed by atoms with Crippen molar-refractivity contribution in [2.45, 2.75) is 0 Å². The minimum absolute atomic E-state index is 0.504. The van der Waals surface area contributed by atoms with Crippen LogP contribution in [0.15, 0.2) is 71.2 Å². The molecule has 0 unspecified atom stereocenters. The van der Waals surface area contributed by atoms with Gasteiger partial charge < -0.3 is 21.3 Å². The van der Waals surface area contributed by atoms with E-state index in [1.165, 1.54) is 0 Å². The summed E-state index contributed by atoms with van der Waals surface area (Å²) in [7, 11) is 3.79. The highest BCUT2D eigenvalue weighted by molar-refractivity contribution is 5.63. The predicted molar refractivity (Wildman–Crippen MR) is 95.9 cm³/mol. The van der Waals surface area contributed by atoms with Gasteiger partial charge in [-0.1, -0.05) is 0 Å². The number of hydrogen-bond acceptors (Lipinski definition) is 6. The van der Waals surface area contributed by atoms with Gasteiger partial charge in [0, 0.05) is 43.6 Å². The van der Waals surface area contributed by atoms with Gasteiger partial charge in [-0.15, -0.1) is 0 Å².